The first kappa shape index (κ1) is 11.6. The molecule has 5 heteroatoms. The summed E-state index contributed by atoms with van der Waals surface area (Å²) in [5.74, 6) is 0.401. The molecule has 96 valence electrons. The second-order valence-electron chi connectivity index (χ2n) is 4.26. The minimum Gasteiger partial charge on any atom is -0.494 e. The summed E-state index contributed by atoms with van der Waals surface area (Å²) in [5.41, 5.74) is 3.22. The number of nitrogens with one attached hydrogen (secondary N) is 1. The molecule has 0 radical (unpaired) electrons. The van der Waals surface area contributed by atoms with E-state index in [-0.39, 0.29) is 5.75 Å². The predicted octanol–water partition coefficient (Wildman–Crippen LogP) is 3.08. The molecule has 0 aliphatic rings. The molecule has 0 bridgehead atoms. The van der Waals surface area contributed by atoms with Gasteiger partial charge >= 0.3 is 0 Å². The van der Waals surface area contributed by atoms with Crippen LogP contribution in [0.25, 0.3) is 22.6 Å². The molecular weight excluding hydrogens is 245 g/mol. The van der Waals surface area contributed by atoms with Gasteiger partial charge in [0.15, 0.2) is 17.2 Å². The quantitative estimate of drug-likeness (QED) is 0.767. The lowest BCUT2D eigenvalue weighted by molar-refractivity contribution is 0.386. The van der Waals surface area contributed by atoms with Crippen LogP contribution in [0, 0.1) is 12.7 Å². The summed E-state index contributed by atoms with van der Waals surface area (Å²) in [5, 5.41) is 0. The third-order valence-electron chi connectivity index (χ3n) is 3.03. The van der Waals surface area contributed by atoms with Crippen molar-refractivity contribution in [2.24, 2.45) is 0 Å². The number of halogens is 1. The number of aromatic amines is 1. The van der Waals surface area contributed by atoms with Crippen LogP contribution < -0.4 is 4.74 Å². The van der Waals surface area contributed by atoms with Crippen molar-refractivity contribution < 1.29 is 9.13 Å². The summed E-state index contributed by atoms with van der Waals surface area (Å²) < 4.78 is 18.6. The van der Waals surface area contributed by atoms with Crippen molar-refractivity contribution in [3.63, 3.8) is 0 Å². The fourth-order valence-corrected chi connectivity index (χ4v) is 1.99. The molecule has 19 heavy (non-hydrogen) atoms. The van der Waals surface area contributed by atoms with E-state index in [1.54, 1.807) is 18.3 Å². The average molecular weight is 257 g/mol. The van der Waals surface area contributed by atoms with E-state index in [0.717, 1.165) is 11.1 Å². The van der Waals surface area contributed by atoms with Gasteiger partial charge in [0.2, 0.25) is 0 Å². The summed E-state index contributed by atoms with van der Waals surface area (Å²) in [6, 6.07) is 6.64. The van der Waals surface area contributed by atoms with Gasteiger partial charge in [0, 0.05) is 11.8 Å². The van der Waals surface area contributed by atoms with Crippen LogP contribution in [0.5, 0.6) is 5.75 Å². The van der Waals surface area contributed by atoms with E-state index in [4.69, 9.17) is 4.74 Å². The van der Waals surface area contributed by atoms with Crippen molar-refractivity contribution in [1.29, 1.82) is 0 Å². The van der Waals surface area contributed by atoms with Crippen molar-refractivity contribution in [2.75, 3.05) is 7.11 Å². The first-order valence-electron chi connectivity index (χ1n) is 5.84. The van der Waals surface area contributed by atoms with E-state index in [9.17, 15) is 4.39 Å². The minimum atomic E-state index is -0.412. The van der Waals surface area contributed by atoms with E-state index >= 15 is 0 Å². The van der Waals surface area contributed by atoms with Gasteiger partial charge in [-0.3, -0.25) is 0 Å². The molecule has 0 saturated carbocycles. The molecule has 2 aromatic heterocycles. The van der Waals surface area contributed by atoms with Crippen molar-refractivity contribution in [3.8, 4) is 17.1 Å². The zero-order chi connectivity index (χ0) is 13.4. The lowest BCUT2D eigenvalue weighted by Crippen LogP contribution is -1.89. The fraction of sp³-hybridized carbons (Fsp3) is 0.143. The number of imidazole rings is 1. The highest BCUT2D eigenvalue weighted by molar-refractivity contribution is 5.78. The molecule has 0 spiro atoms. The molecule has 1 N–H and O–H groups in total. The van der Waals surface area contributed by atoms with Crippen molar-refractivity contribution in [2.45, 2.75) is 6.92 Å². The van der Waals surface area contributed by atoms with Crippen molar-refractivity contribution in [3.05, 3.63) is 41.8 Å². The minimum absolute atomic E-state index is 0.217. The van der Waals surface area contributed by atoms with Crippen LogP contribution in [0.3, 0.4) is 0 Å². The zero-order valence-corrected chi connectivity index (χ0v) is 10.6. The Morgan fingerprint density at radius 2 is 2.11 bits per heavy atom. The molecule has 3 rings (SSSR count). The predicted molar refractivity (Wildman–Crippen MR) is 70.6 cm³/mol. The Labute approximate surface area is 109 Å². The number of benzene rings is 1. The maximum atomic E-state index is 13.7. The number of hydrogen-bond acceptors (Lipinski definition) is 3. The number of aryl methyl sites for hydroxylation is 1. The smallest absolute Gasteiger partial charge is 0.178 e. The number of nitrogens with zero attached hydrogens (tertiary/aromatic N) is 2. The molecule has 0 aliphatic carbocycles. The third-order valence-corrected chi connectivity index (χ3v) is 3.03. The van der Waals surface area contributed by atoms with Gasteiger partial charge in [0.1, 0.15) is 5.82 Å². The largest absolute Gasteiger partial charge is 0.494 e. The average Bonchev–Trinajstić information content (AvgIpc) is 2.84. The van der Waals surface area contributed by atoms with Crippen molar-refractivity contribution >= 4 is 11.2 Å². The standard InChI is InChI=1S/C14H12FN3O/c1-8-5-6-16-14-12(8)17-13(18-14)9-3-4-11(19-2)10(15)7-9/h3-7H,1-2H3,(H,16,17,18). The molecule has 0 fully saturated rings. The molecule has 0 aliphatic heterocycles. The Hall–Kier alpha value is -2.43. The second kappa shape index (κ2) is 4.35. The number of H-pyrrole nitrogens is 1. The maximum Gasteiger partial charge on any atom is 0.178 e. The number of ether oxygens (including phenoxy) is 1. The Morgan fingerprint density at radius 3 is 2.79 bits per heavy atom. The van der Waals surface area contributed by atoms with Gasteiger partial charge in [0.25, 0.3) is 0 Å². The second-order valence-corrected chi connectivity index (χ2v) is 4.26. The molecule has 1 aromatic carbocycles. The molecule has 0 unspecified atom stereocenters. The van der Waals surface area contributed by atoms with Gasteiger partial charge in [-0.15, -0.1) is 0 Å². The van der Waals surface area contributed by atoms with E-state index < -0.39 is 5.82 Å². The van der Waals surface area contributed by atoms with Crippen LogP contribution in [0.1, 0.15) is 5.56 Å². The molecule has 3 aromatic rings. The molecule has 0 saturated heterocycles. The highest BCUT2D eigenvalue weighted by Gasteiger charge is 2.10. The number of rotatable bonds is 2. The maximum absolute atomic E-state index is 13.7. The molecule has 4 nitrogen and oxygen atoms in total. The fourth-order valence-electron chi connectivity index (χ4n) is 1.99. The lowest BCUT2D eigenvalue weighted by Gasteiger charge is -2.02. The van der Waals surface area contributed by atoms with Gasteiger partial charge < -0.3 is 9.72 Å². The van der Waals surface area contributed by atoms with Crippen molar-refractivity contribution in [1.82, 2.24) is 15.0 Å². The van der Waals surface area contributed by atoms with E-state index in [2.05, 4.69) is 15.0 Å². The monoisotopic (exact) mass is 257 g/mol. The summed E-state index contributed by atoms with van der Waals surface area (Å²) in [6.45, 7) is 1.97. The van der Waals surface area contributed by atoms with E-state index in [1.165, 1.54) is 13.2 Å². The molecule has 0 atom stereocenters. The topological polar surface area (TPSA) is 50.8 Å². The van der Waals surface area contributed by atoms with Gasteiger partial charge in [-0.2, -0.15) is 0 Å². The number of fused-ring (bicyclic) bond motifs is 1. The first-order chi connectivity index (χ1) is 9.19. The van der Waals surface area contributed by atoms with Gasteiger partial charge in [0.05, 0.1) is 12.6 Å². The Balaban J connectivity index is 2.14. The van der Waals surface area contributed by atoms with E-state index in [1.807, 2.05) is 13.0 Å². The third kappa shape index (κ3) is 1.93. The molecule has 0 amide bonds. The molecule has 2 heterocycles. The van der Waals surface area contributed by atoms with E-state index in [0.29, 0.717) is 17.0 Å². The Kier molecular flexibility index (Phi) is 2.67. The van der Waals surface area contributed by atoms with Crippen LogP contribution >= 0.6 is 0 Å². The van der Waals surface area contributed by atoms with Crippen LogP contribution in [-0.2, 0) is 0 Å². The summed E-state index contributed by atoms with van der Waals surface area (Å²) in [7, 11) is 1.44. The van der Waals surface area contributed by atoms with Crippen LogP contribution in [0.2, 0.25) is 0 Å². The van der Waals surface area contributed by atoms with Crippen LogP contribution in [-0.4, -0.2) is 22.1 Å². The van der Waals surface area contributed by atoms with Crippen LogP contribution in [0.4, 0.5) is 4.39 Å². The van der Waals surface area contributed by atoms with Crippen LogP contribution in [0.15, 0.2) is 30.5 Å². The number of hydrogen-bond donors (Lipinski definition) is 1. The number of methoxy groups -OCH3 is 1. The summed E-state index contributed by atoms with van der Waals surface area (Å²) in [6.07, 6.45) is 1.71. The van der Waals surface area contributed by atoms with Gasteiger partial charge in [-0.1, -0.05) is 0 Å². The summed E-state index contributed by atoms with van der Waals surface area (Å²) >= 11 is 0. The van der Waals surface area contributed by atoms with Gasteiger partial charge in [-0.25, -0.2) is 14.4 Å². The lowest BCUT2D eigenvalue weighted by atomic mass is 10.2. The molecular formula is C14H12FN3O. The first-order valence-corrected chi connectivity index (χ1v) is 5.84. The zero-order valence-electron chi connectivity index (χ0n) is 10.6. The number of aromatic nitrogens is 3. The highest BCUT2D eigenvalue weighted by Crippen LogP contribution is 2.25. The normalized spacial score (nSPS) is 10.9. The highest BCUT2D eigenvalue weighted by atomic mass is 19.1. The Morgan fingerprint density at radius 1 is 1.26 bits per heavy atom. The van der Waals surface area contributed by atoms with Gasteiger partial charge in [-0.05, 0) is 36.8 Å². The summed E-state index contributed by atoms with van der Waals surface area (Å²) in [4.78, 5) is 11.7. The number of pyridine rings is 1. The Bertz CT molecular complexity index is 752. The SMILES string of the molecule is COc1ccc(-c2nc3nccc(C)c3[nH]2)cc1F.